The lowest BCUT2D eigenvalue weighted by atomic mass is 9.89. The van der Waals surface area contributed by atoms with Crippen LogP contribution in [0.3, 0.4) is 0 Å². The first-order valence-corrected chi connectivity index (χ1v) is 12.6. The number of halogens is 3. The van der Waals surface area contributed by atoms with Crippen molar-refractivity contribution in [1.82, 2.24) is 9.88 Å². The second-order valence-corrected chi connectivity index (χ2v) is 9.86. The third-order valence-corrected chi connectivity index (χ3v) is 7.36. The summed E-state index contributed by atoms with van der Waals surface area (Å²) in [6.07, 6.45) is -2.92. The number of carbonyl (C=O) groups is 2. The minimum absolute atomic E-state index is 0.222. The summed E-state index contributed by atoms with van der Waals surface area (Å²) in [6.45, 7) is 1.05. The fourth-order valence-electron chi connectivity index (χ4n) is 4.36. The van der Waals surface area contributed by atoms with Gasteiger partial charge in [-0.3, -0.25) is 10.1 Å². The van der Waals surface area contributed by atoms with Gasteiger partial charge in [0.05, 0.1) is 15.8 Å². The van der Waals surface area contributed by atoms with Gasteiger partial charge in [-0.05, 0) is 72.9 Å². The third kappa shape index (κ3) is 5.75. The molecule has 2 N–H and O–H groups in total. The van der Waals surface area contributed by atoms with E-state index in [0.717, 1.165) is 40.8 Å². The Labute approximate surface area is 215 Å². The number of fused-ring (bicyclic) bond motifs is 1. The van der Waals surface area contributed by atoms with E-state index < -0.39 is 11.7 Å². The van der Waals surface area contributed by atoms with Gasteiger partial charge < -0.3 is 10.2 Å². The van der Waals surface area contributed by atoms with E-state index in [1.54, 1.807) is 17.0 Å². The number of nitrogens with one attached hydrogen (secondary N) is 2. The van der Waals surface area contributed by atoms with Gasteiger partial charge in [0, 0.05) is 24.3 Å². The number of urea groups is 1. The normalized spacial score (nSPS) is 14.5. The van der Waals surface area contributed by atoms with Crippen molar-refractivity contribution in [2.24, 2.45) is 0 Å². The Morgan fingerprint density at radius 1 is 0.892 bits per heavy atom. The number of rotatable bonds is 4. The minimum Gasteiger partial charge on any atom is -0.324 e. The molecule has 1 aliphatic rings. The van der Waals surface area contributed by atoms with Crippen LogP contribution in [0, 0.1) is 0 Å². The molecule has 1 aliphatic heterocycles. The van der Waals surface area contributed by atoms with E-state index in [9.17, 15) is 22.8 Å². The molecule has 5 rings (SSSR count). The van der Waals surface area contributed by atoms with Crippen LogP contribution in [0.25, 0.3) is 10.2 Å². The molecule has 1 aromatic heterocycles. The second-order valence-electron chi connectivity index (χ2n) is 8.83. The molecule has 0 radical (unpaired) electrons. The number of hydrogen-bond acceptors (Lipinski definition) is 4. The van der Waals surface area contributed by atoms with E-state index in [0.29, 0.717) is 29.5 Å². The fourth-order valence-corrected chi connectivity index (χ4v) is 5.22. The second kappa shape index (κ2) is 10.2. The zero-order chi connectivity index (χ0) is 26.0. The van der Waals surface area contributed by atoms with E-state index >= 15 is 0 Å². The molecule has 2 heterocycles. The van der Waals surface area contributed by atoms with Crippen LogP contribution in [0.4, 0.5) is 28.8 Å². The van der Waals surface area contributed by atoms with Crippen molar-refractivity contribution in [3.8, 4) is 0 Å². The Balaban J connectivity index is 1.13. The first-order valence-electron chi connectivity index (χ1n) is 11.8. The summed E-state index contributed by atoms with van der Waals surface area (Å²) in [5.41, 5.74) is 2.04. The van der Waals surface area contributed by atoms with Gasteiger partial charge >= 0.3 is 12.2 Å². The quantitative estimate of drug-likeness (QED) is 0.303. The molecule has 3 amide bonds. The number of hydrogen-bond donors (Lipinski definition) is 2. The highest BCUT2D eigenvalue weighted by Gasteiger charge is 2.30. The van der Waals surface area contributed by atoms with Crippen LogP contribution in [0.1, 0.15) is 40.2 Å². The molecule has 0 atom stereocenters. The molecule has 10 heteroatoms. The topological polar surface area (TPSA) is 74.3 Å². The number of para-hydroxylation sites is 1. The molecule has 0 unspecified atom stereocenters. The van der Waals surface area contributed by atoms with Crippen molar-refractivity contribution in [1.29, 1.82) is 0 Å². The third-order valence-electron chi connectivity index (χ3n) is 6.40. The van der Waals surface area contributed by atoms with Gasteiger partial charge in [0.25, 0.3) is 5.91 Å². The van der Waals surface area contributed by atoms with Crippen LogP contribution >= 0.6 is 11.3 Å². The molecular formula is C27H23F3N4O2S. The standard InChI is InChI=1S/C27H23F3N4O2S/c28-27(29,30)20-9-11-21(12-10-20)31-26(36)34-15-13-18(14-16-34)17-5-7-19(8-6-17)24(35)33-25-32-22-3-1-2-4-23(22)37-25/h1-12,18H,13-16H2,(H,31,36)(H,32,33,35). The number of alkyl halides is 3. The first kappa shape index (κ1) is 24.8. The molecule has 4 aromatic rings. The number of aromatic nitrogens is 1. The maximum absolute atomic E-state index is 12.7. The molecule has 190 valence electrons. The average molecular weight is 525 g/mol. The Hall–Kier alpha value is -3.92. The summed E-state index contributed by atoms with van der Waals surface area (Å²) < 4.78 is 39.2. The zero-order valence-electron chi connectivity index (χ0n) is 19.6. The Kier molecular flexibility index (Phi) is 6.84. The lowest BCUT2D eigenvalue weighted by Crippen LogP contribution is -2.40. The maximum Gasteiger partial charge on any atom is 0.416 e. The van der Waals surface area contributed by atoms with Crippen molar-refractivity contribution in [3.05, 3.63) is 89.5 Å². The van der Waals surface area contributed by atoms with Crippen LogP contribution < -0.4 is 10.6 Å². The predicted molar refractivity (Wildman–Crippen MR) is 138 cm³/mol. The number of likely N-dealkylation sites (tertiary alicyclic amines) is 1. The van der Waals surface area contributed by atoms with Gasteiger partial charge in [0.15, 0.2) is 5.13 Å². The van der Waals surface area contributed by atoms with Gasteiger partial charge in [-0.15, -0.1) is 0 Å². The summed E-state index contributed by atoms with van der Waals surface area (Å²) >= 11 is 1.43. The SMILES string of the molecule is O=C(Nc1nc2ccccc2s1)c1ccc(C2CCN(C(=O)Nc3ccc(C(F)(F)F)cc3)CC2)cc1. The smallest absolute Gasteiger partial charge is 0.324 e. The van der Waals surface area contributed by atoms with Crippen LogP contribution in [-0.4, -0.2) is 34.9 Å². The molecule has 0 aliphatic carbocycles. The molecule has 1 fully saturated rings. The van der Waals surface area contributed by atoms with E-state index in [4.69, 9.17) is 0 Å². The van der Waals surface area contributed by atoms with Crippen molar-refractivity contribution in [3.63, 3.8) is 0 Å². The van der Waals surface area contributed by atoms with Gasteiger partial charge in [-0.25, -0.2) is 9.78 Å². The van der Waals surface area contributed by atoms with Crippen LogP contribution in [-0.2, 0) is 6.18 Å². The number of thiazole rings is 1. The lowest BCUT2D eigenvalue weighted by molar-refractivity contribution is -0.137. The lowest BCUT2D eigenvalue weighted by Gasteiger charge is -2.32. The largest absolute Gasteiger partial charge is 0.416 e. The monoisotopic (exact) mass is 524 g/mol. The number of benzene rings is 3. The zero-order valence-corrected chi connectivity index (χ0v) is 20.4. The number of nitrogens with zero attached hydrogens (tertiary/aromatic N) is 2. The average Bonchev–Trinajstić information content (AvgIpc) is 3.31. The van der Waals surface area contributed by atoms with Gasteiger partial charge in [-0.1, -0.05) is 35.6 Å². The van der Waals surface area contributed by atoms with E-state index in [-0.39, 0.29) is 17.9 Å². The van der Waals surface area contributed by atoms with Crippen LogP contribution in [0.15, 0.2) is 72.8 Å². The van der Waals surface area contributed by atoms with E-state index in [1.165, 1.54) is 23.5 Å². The first-order chi connectivity index (χ1) is 17.8. The Morgan fingerprint density at radius 2 is 1.57 bits per heavy atom. The Morgan fingerprint density at radius 3 is 2.22 bits per heavy atom. The van der Waals surface area contributed by atoms with E-state index in [1.807, 2.05) is 36.4 Å². The van der Waals surface area contributed by atoms with Gasteiger partial charge in [0.1, 0.15) is 0 Å². The van der Waals surface area contributed by atoms with Crippen molar-refractivity contribution in [2.75, 3.05) is 23.7 Å². The van der Waals surface area contributed by atoms with Crippen molar-refractivity contribution < 1.29 is 22.8 Å². The molecule has 0 bridgehead atoms. The summed E-state index contributed by atoms with van der Waals surface area (Å²) in [4.78, 5) is 31.3. The van der Waals surface area contributed by atoms with Gasteiger partial charge in [0.2, 0.25) is 0 Å². The number of carbonyl (C=O) groups excluding carboxylic acids is 2. The summed E-state index contributed by atoms with van der Waals surface area (Å²) in [5, 5.41) is 6.07. The predicted octanol–water partition coefficient (Wildman–Crippen LogP) is 6.98. The number of anilines is 2. The van der Waals surface area contributed by atoms with Crippen molar-refractivity contribution >= 4 is 44.3 Å². The van der Waals surface area contributed by atoms with E-state index in [2.05, 4.69) is 15.6 Å². The number of amides is 3. The van der Waals surface area contributed by atoms with Crippen molar-refractivity contribution in [2.45, 2.75) is 24.9 Å². The van der Waals surface area contributed by atoms with Gasteiger partial charge in [-0.2, -0.15) is 13.2 Å². The summed E-state index contributed by atoms with van der Waals surface area (Å²) in [7, 11) is 0. The van der Waals surface area contributed by atoms with Crippen LogP contribution in [0.5, 0.6) is 0 Å². The highest BCUT2D eigenvalue weighted by molar-refractivity contribution is 7.22. The highest BCUT2D eigenvalue weighted by Crippen LogP contribution is 2.31. The number of piperidine rings is 1. The molecular weight excluding hydrogens is 501 g/mol. The summed E-state index contributed by atoms with van der Waals surface area (Å²) in [5.74, 6) is 0.0249. The molecule has 1 saturated heterocycles. The minimum atomic E-state index is -4.41. The molecule has 37 heavy (non-hydrogen) atoms. The molecule has 0 saturated carbocycles. The molecule has 3 aromatic carbocycles. The fraction of sp³-hybridized carbons (Fsp3) is 0.222. The highest BCUT2D eigenvalue weighted by atomic mass is 32.1. The molecule has 6 nitrogen and oxygen atoms in total. The van der Waals surface area contributed by atoms with Crippen LogP contribution in [0.2, 0.25) is 0 Å². The summed E-state index contributed by atoms with van der Waals surface area (Å²) in [6, 6.07) is 19.2. The molecule has 0 spiro atoms. The Bertz CT molecular complexity index is 1380. The maximum atomic E-state index is 12.7.